The van der Waals surface area contributed by atoms with Crippen molar-refractivity contribution >= 4 is 24.6 Å². The van der Waals surface area contributed by atoms with Crippen LogP contribution in [0.15, 0.2) is 30.5 Å². The molecule has 2 rings (SSSR count). The average Bonchev–Trinajstić information content (AvgIpc) is 2.51. The van der Waals surface area contributed by atoms with Crippen LogP contribution in [0, 0.1) is 0 Å². The molecule has 1 aromatic carbocycles. The van der Waals surface area contributed by atoms with E-state index in [2.05, 4.69) is 9.97 Å². The van der Waals surface area contributed by atoms with Crippen molar-refractivity contribution in [2.45, 2.75) is 18.9 Å². The summed E-state index contributed by atoms with van der Waals surface area (Å²) in [4.78, 5) is 38.9. The lowest BCUT2D eigenvalue weighted by atomic mass is 9.99. The van der Waals surface area contributed by atoms with E-state index in [9.17, 15) is 19.1 Å². The number of nitrogens with two attached hydrogens (primary N) is 1. The summed E-state index contributed by atoms with van der Waals surface area (Å²) < 4.78 is 16.2. The lowest BCUT2D eigenvalue weighted by Crippen LogP contribution is -2.40. The predicted molar refractivity (Wildman–Crippen MR) is 83.8 cm³/mol. The Balaban J connectivity index is 2.41. The van der Waals surface area contributed by atoms with Crippen LogP contribution in [-0.2, 0) is 14.1 Å². The van der Waals surface area contributed by atoms with E-state index >= 15 is 0 Å². The smallest absolute Gasteiger partial charge is 0.326 e. The van der Waals surface area contributed by atoms with Crippen molar-refractivity contribution in [1.29, 1.82) is 0 Å². The molecule has 2 atom stereocenters. The van der Waals surface area contributed by atoms with Crippen LogP contribution in [0.25, 0.3) is 11.0 Å². The number of aromatic nitrogens is 2. The van der Waals surface area contributed by atoms with Gasteiger partial charge in [0, 0.05) is 12.1 Å². The minimum absolute atomic E-state index is 0.124. The third-order valence-electron chi connectivity index (χ3n) is 3.27. The molecule has 2 unspecified atom stereocenters. The zero-order valence-electron chi connectivity index (χ0n) is 12.5. The number of hydrogen-bond acceptors (Lipinski definition) is 6. The number of para-hydroxylation sites is 2. The SMILES string of the molecule is CCOC(=O)C(N)C(CP(=O)(O)O)c1cnc2ccccc2n1. The van der Waals surface area contributed by atoms with E-state index in [1.165, 1.54) is 6.20 Å². The quantitative estimate of drug-likeness (QED) is 0.519. The Morgan fingerprint density at radius 1 is 1.35 bits per heavy atom. The second-order valence-electron chi connectivity index (χ2n) is 5.02. The molecule has 0 spiro atoms. The third-order valence-corrected chi connectivity index (χ3v) is 4.14. The van der Waals surface area contributed by atoms with Crippen molar-refractivity contribution in [2.24, 2.45) is 5.73 Å². The van der Waals surface area contributed by atoms with E-state index in [1.54, 1.807) is 31.2 Å². The van der Waals surface area contributed by atoms with Gasteiger partial charge in [0.25, 0.3) is 0 Å². The van der Waals surface area contributed by atoms with E-state index < -0.39 is 31.7 Å². The Morgan fingerprint density at radius 3 is 2.61 bits per heavy atom. The van der Waals surface area contributed by atoms with Crippen molar-refractivity contribution in [3.05, 3.63) is 36.2 Å². The first kappa shape index (κ1) is 17.5. The Labute approximate surface area is 132 Å². The van der Waals surface area contributed by atoms with Crippen molar-refractivity contribution in [2.75, 3.05) is 12.8 Å². The highest BCUT2D eigenvalue weighted by Gasteiger charge is 2.34. The highest BCUT2D eigenvalue weighted by atomic mass is 31.2. The number of benzene rings is 1. The fourth-order valence-corrected chi connectivity index (χ4v) is 3.13. The third kappa shape index (κ3) is 4.56. The van der Waals surface area contributed by atoms with Crippen LogP contribution in [0.3, 0.4) is 0 Å². The number of hydrogen-bond donors (Lipinski definition) is 3. The second-order valence-corrected chi connectivity index (χ2v) is 6.71. The van der Waals surface area contributed by atoms with Crippen molar-refractivity contribution in [3.8, 4) is 0 Å². The maximum absolute atomic E-state index is 11.9. The molecule has 0 amide bonds. The average molecular weight is 339 g/mol. The molecule has 23 heavy (non-hydrogen) atoms. The first-order valence-electron chi connectivity index (χ1n) is 7.00. The van der Waals surface area contributed by atoms with Gasteiger partial charge in [0.1, 0.15) is 6.04 Å². The fourth-order valence-electron chi connectivity index (χ4n) is 2.20. The molecule has 0 saturated heterocycles. The van der Waals surface area contributed by atoms with Gasteiger partial charge in [-0.25, -0.2) is 4.98 Å². The largest absolute Gasteiger partial charge is 0.465 e. The van der Waals surface area contributed by atoms with Gasteiger partial charge in [-0.3, -0.25) is 14.3 Å². The number of carbonyl (C=O) groups is 1. The molecule has 0 aliphatic heterocycles. The molecule has 0 radical (unpaired) electrons. The van der Waals surface area contributed by atoms with Gasteiger partial charge in [0.05, 0.1) is 29.5 Å². The summed E-state index contributed by atoms with van der Waals surface area (Å²) in [5.41, 5.74) is 7.28. The highest BCUT2D eigenvalue weighted by molar-refractivity contribution is 7.51. The first-order chi connectivity index (χ1) is 10.8. The van der Waals surface area contributed by atoms with Crippen LogP contribution in [0.4, 0.5) is 0 Å². The Kier molecular flexibility index (Phi) is 5.43. The van der Waals surface area contributed by atoms with Crippen LogP contribution in [0.1, 0.15) is 18.5 Å². The number of carbonyl (C=O) groups excluding carboxylic acids is 1. The summed E-state index contributed by atoms with van der Waals surface area (Å²) >= 11 is 0. The van der Waals surface area contributed by atoms with Crippen LogP contribution < -0.4 is 5.73 Å². The molecular formula is C14H18N3O5P. The standard InChI is InChI=1S/C14H18N3O5P/c1-2-22-14(18)13(15)9(8-23(19,20)21)12-7-16-10-5-3-4-6-11(10)17-12/h3-7,9,13H,2,8,15H2,1H3,(H2,19,20,21). The Hall–Kier alpha value is -1.86. The van der Waals surface area contributed by atoms with Crippen molar-refractivity contribution < 1.29 is 23.9 Å². The molecular weight excluding hydrogens is 321 g/mol. The number of esters is 1. The van der Waals surface area contributed by atoms with Crippen LogP contribution in [-0.4, -0.2) is 44.5 Å². The van der Waals surface area contributed by atoms with E-state index in [0.29, 0.717) is 11.0 Å². The topological polar surface area (TPSA) is 136 Å². The van der Waals surface area contributed by atoms with E-state index in [1.807, 2.05) is 0 Å². The molecule has 0 bridgehead atoms. The molecule has 2 aromatic rings. The Morgan fingerprint density at radius 2 is 2.00 bits per heavy atom. The second kappa shape index (κ2) is 7.14. The van der Waals surface area contributed by atoms with Gasteiger partial charge in [-0.15, -0.1) is 0 Å². The predicted octanol–water partition coefficient (Wildman–Crippen LogP) is 0.781. The normalized spacial score (nSPS) is 14.4. The van der Waals surface area contributed by atoms with Gasteiger partial charge >= 0.3 is 13.6 Å². The fraction of sp³-hybridized carbons (Fsp3) is 0.357. The van der Waals surface area contributed by atoms with Gasteiger partial charge in [-0.2, -0.15) is 0 Å². The van der Waals surface area contributed by atoms with Gasteiger partial charge < -0.3 is 20.3 Å². The van der Waals surface area contributed by atoms with Crippen LogP contribution in [0.5, 0.6) is 0 Å². The van der Waals surface area contributed by atoms with Gasteiger partial charge in [0.2, 0.25) is 0 Å². The molecule has 0 aliphatic carbocycles. The van der Waals surface area contributed by atoms with Crippen LogP contribution in [0.2, 0.25) is 0 Å². The maximum atomic E-state index is 11.9. The summed E-state index contributed by atoms with van der Waals surface area (Å²) in [6, 6.07) is 5.81. The monoisotopic (exact) mass is 339 g/mol. The maximum Gasteiger partial charge on any atom is 0.326 e. The summed E-state index contributed by atoms with van der Waals surface area (Å²) in [5.74, 6) is -1.73. The van der Waals surface area contributed by atoms with E-state index in [4.69, 9.17) is 10.5 Å². The molecule has 0 fully saturated rings. The number of ether oxygens (including phenoxy) is 1. The minimum Gasteiger partial charge on any atom is -0.465 e. The highest BCUT2D eigenvalue weighted by Crippen LogP contribution is 2.40. The number of rotatable bonds is 6. The summed E-state index contributed by atoms with van der Waals surface area (Å²) in [5, 5.41) is 0. The Bertz CT molecular complexity index is 748. The van der Waals surface area contributed by atoms with Crippen molar-refractivity contribution in [1.82, 2.24) is 9.97 Å². The van der Waals surface area contributed by atoms with Crippen LogP contribution >= 0.6 is 7.60 Å². The lowest BCUT2D eigenvalue weighted by Gasteiger charge is -2.22. The summed E-state index contributed by atoms with van der Waals surface area (Å²) in [6.07, 6.45) is 0.766. The zero-order valence-corrected chi connectivity index (χ0v) is 13.4. The molecule has 9 heteroatoms. The number of fused-ring (bicyclic) bond motifs is 1. The molecule has 0 aliphatic rings. The molecule has 1 aromatic heterocycles. The van der Waals surface area contributed by atoms with E-state index in [-0.39, 0.29) is 12.3 Å². The molecule has 0 saturated carbocycles. The molecule has 1 heterocycles. The summed E-state index contributed by atoms with van der Waals surface area (Å²) in [7, 11) is -4.42. The number of nitrogens with zero attached hydrogens (tertiary/aromatic N) is 2. The zero-order chi connectivity index (χ0) is 17.0. The molecule has 4 N–H and O–H groups in total. The lowest BCUT2D eigenvalue weighted by molar-refractivity contribution is -0.145. The molecule has 124 valence electrons. The molecule has 8 nitrogen and oxygen atoms in total. The van der Waals surface area contributed by atoms with Gasteiger partial charge in [-0.1, -0.05) is 12.1 Å². The van der Waals surface area contributed by atoms with Gasteiger partial charge in [0.15, 0.2) is 0 Å². The van der Waals surface area contributed by atoms with Gasteiger partial charge in [-0.05, 0) is 19.1 Å². The summed E-state index contributed by atoms with van der Waals surface area (Å²) in [6.45, 7) is 1.75. The van der Waals surface area contributed by atoms with E-state index in [0.717, 1.165) is 0 Å². The van der Waals surface area contributed by atoms with Crippen molar-refractivity contribution in [3.63, 3.8) is 0 Å². The first-order valence-corrected chi connectivity index (χ1v) is 8.80. The minimum atomic E-state index is -4.42.